The van der Waals surface area contributed by atoms with Gasteiger partial charge in [-0.2, -0.15) is 0 Å². The van der Waals surface area contributed by atoms with Crippen LogP contribution in [0, 0.1) is 5.82 Å². The Kier molecular flexibility index (Phi) is 4.97. The molecule has 0 radical (unpaired) electrons. The van der Waals surface area contributed by atoms with Crippen molar-refractivity contribution in [3.05, 3.63) is 64.4 Å². The first-order valence-electron chi connectivity index (χ1n) is 6.88. The van der Waals surface area contributed by atoms with Gasteiger partial charge in [0.15, 0.2) is 0 Å². The van der Waals surface area contributed by atoms with Gasteiger partial charge >= 0.3 is 0 Å². The highest BCUT2D eigenvalue weighted by Crippen LogP contribution is 2.28. The maximum absolute atomic E-state index is 13.8. The molecule has 1 amide bonds. The summed E-state index contributed by atoms with van der Waals surface area (Å²) in [5.41, 5.74) is 1.59. The summed E-state index contributed by atoms with van der Waals surface area (Å²) in [7, 11) is 0. The van der Waals surface area contributed by atoms with Gasteiger partial charge in [-0.05, 0) is 36.1 Å². The van der Waals surface area contributed by atoms with Crippen LogP contribution in [0.1, 0.15) is 42.1 Å². The number of carbonyl (C=O) groups is 1. The zero-order chi connectivity index (χ0) is 15.4. The molecule has 4 heteroatoms. The number of rotatable bonds is 4. The molecule has 0 aliphatic heterocycles. The Bertz CT molecular complexity index is 637. The number of carbonyl (C=O) groups excluding carboxylic acids is 1. The van der Waals surface area contributed by atoms with E-state index in [9.17, 15) is 9.18 Å². The molecule has 21 heavy (non-hydrogen) atoms. The fraction of sp³-hybridized carbons (Fsp3) is 0.235. The number of benzene rings is 2. The molecule has 0 aromatic heterocycles. The van der Waals surface area contributed by atoms with E-state index >= 15 is 0 Å². The Morgan fingerprint density at radius 1 is 1.24 bits per heavy atom. The molecule has 1 N–H and O–H groups in total. The molecular weight excluding hydrogens is 289 g/mol. The Morgan fingerprint density at radius 2 is 1.95 bits per heavy atom. The maximum Gasteiger partial charge on any atom is 0.260 e. The molecule has 0 unspecified atom stereocenters. The van der Waals surface area contributed by atoms with Gasteiger partial charge in [0.25, 0.3) is 5.91 Å². The van der Waals surface area contributed by atoms with Gasteiger partial charge in [0.05, 0.1) is 10.6 Å². The van der Waals surface area contributed by atoms with Crippen molar-refractivity contribution in [2.24, 2.45) is 0 Å². The quantitative estimate of drug-likeness (QED) is 0.821. The molecule has 0 bridgehead atoms. The van der Waals surface area contributed by atoms with E-state index in [4.69, 9.17) is 11.6 Å². The summed E-state index contributed by atoms with van der Waals surface area (Å²) < 4.78 is 13.8. The second-order valence-electron chi connectivity index (χ2n) is 4.95. The maximum atomic E-state index is 13.8. The van der Waals surface area contributed by atoms with Gasteiger partial charge in [-0.25, -0.2) is 4.39 Å². The highest BCUT2D eigenvalue weighted by atomic mass is 35.5. The number of amides is 1. The molecule has 0 saturated carbocycles. The third-order valence-corrected chi connectivity index (χ3v) is 3.86. The number of hydrogen-bond acceptors (Lipinski definition) is 1. The predicted molar refractivity (Wildman–Crippen MR) is 84.5 cm³/mol. The Morgan fingerprint density at radius 3 is 2.62 bits per heavy atom. The van der Waals surface area contributed by atoms with Crippen LogP contribution in [0.15, 0.2) is 42.5 Å². The summed E-state index contributed by atoms with van der Waals surface area (Å²) in [5.74, 6) is -0.854. The standard InChI is InChI=1S/C17H17ClFNO/c1-3-11(2)12-7-4-5-10-15(12)20-17(21)16-13(18)8-6-9-14(16)19/h4-11H,3H2,1-2H3,(H,20,21)/t11-/m0/s1. The van der Waals surface area contributed by atoms with Crippen LogP contribution < -0.4 is 5.32 Å². The SMILES string of the molecule is CC[C@H](C)c1ccccc1NC(=O)c1c(F)cccc1Cl. The summed E-state index contributed by atoms with van der Waals surface area (Å²) in [5, 5.41) is 2.87. The van der Waals surface area contributed by atoms with Crippen LogP contribution in [-0.4, -0.2) is 5.91 Å². The van der Waals surface area contributed by atoms with Gasteiger partial charge < -0.3 is 5.32 Å². The highest BCUT2D eigenvalue weighted by molar-refractivity contribution is 6.34. The summed E-state index contributed by atoms with van der Waals surface area (Å²) >= 11 is 5.92. The van der Waals surface area contributed by atoms with Gasteiger partial charge in [-0.15, -0.1) is 0 Å². The van der Waals surface area contributed by atoms with E-state index < -0.39 is 11.7 Å². The summed E-state index contributed by atoms with van der Waals surface area (Å²) in [6.45, 7) is 4.16. The number of nitrogens with one attached hydrogen (secondary N) is 1. The topological polar surface area (TPSA) is 29.1 Å². The van der Waals surface area contributed by atoms with Crippen LogP contribution in [0.3, 0.4) is 0 Å². The van der Waals surface area contributed by atoms with Crippen molar-refractivity contribution in [2.75, 3.05) is 5.32 Å². The van der Waals surface area contributed by atoms with Crippen LogP contribution in [0.5, 0.6) is 0 Å². The molecule has 0 heterocycles. The fourth-order valence-corrected chi connectivity index (χ4v) is 2.41. The average Bonchev–Trinajstić information content (AvgIpc) is 2.47. The third kappa shape index (κ3) is 3.42. The molecular formula is C17H17ClFNO. The minimum atomic E-state index is -0.624. The van der Waals surface area contributed by atoms with E-state index in [-0.39, 0.29) is 10.6 Å². The lowest BCUT2D eigenvalue weighted by molar-refractivity contribution is 0.102. The molecule has 110 valence electrons. The van der Waals surface area contributed by atoms with Crippen molar-refractivity contribution in [2.45, 2.75) is 26.2 Å². The lowest BCUT2D eigenvalue weighted by Gasteiger charge is -2.16. The summed E-state index contributed by atoms with van der Waals surface area (Å²) in [4.78, 5) is 12.3. The Labute approximate surface area is 128 Å². The third-order valence-electron chi connectivity index (χ3n) is 3.54. The molecule has 2 nitrogen and oxygen atoms in total. The lowest BCUT2D eigenvalue weighted by atomic mass is 9.97. The monoisotopic (exact) mass is 305 g/mol. The average molecular weight is 306 g/mol. The fourth-order valence-electron chi connectivity index (χ4n) is 2.16. The van der Waals surface area contributed by atoms with Crippen molar-refractivity contribution < 1.29 is 9.18 Å². The van der Waals surface area contributed by atoms with Crippen molar-refractivity contribution in [1.82, 2.24) is 0 Å². The summed E-state index contributed by atoms with van der Waals surface area (Å²) in [6, 6.07) is 11.7. The van der Waals surface area contributed by atoms with Gasteiger partial charge in [0.1, 0.15) is 5.82 Å². The van der Waals surface area contributed by atoms with Crippen LogP contribution in [-0.2, 0) is 0 Å². The van der Waals surface area contributed by atoms with E-state index in [0.29, 0.717) is 11.6 Å². The number of halogens is 2. The van der Waals surface area contributed by atoms with E-state index in [1.165, 1.54) is 18.2 Å². The minimum absolute atomic E-state index is 0.105. The highest BCUT2D eigenvalue weighted by Gasteiger charge is 2.17. The largest absolute Gasteiger partial charge is 0.322 e. The van der Waals surface area contributed by atoms with Gasteiger partial charge in [0, 0.05) is 5.69 Å². The van der Waals surface area contributed by atoms with Gasteiger partial charge in [-0.3, -0.25) is 4.79 Å². The first-order valence-corrected chi connectivity index (χ1v) is 7.26. The number of hydrogen-bond donors (Lipinski definition) is 1. The molecule has 2 rings (SSSR count). The van der Waals surface area contributed by atoms with Crippen LogP contribution in [0.4, 0.5) is 10.1 Å². The van der Waals surface area contributed by atoms with Gasteiger partial charge in [-0.1, -0.05) is 49.7 Å². The molecule has 0 spiro atoms. The van der Waals surface area contributed by atoms with Crippen LogP contribution in [0.2, 0.25) is 5.02 Å². The van der Waals surface area contributed by atoms with E-state index in [2.05, 4.69) is 19.2 Å². The van der Waals surface area contributed by atoms with Crippen molar-refractivity contribution in [3.63, 3.8) is 0 Å². The van der Waals surface area contributed by atoms with E-state index in [0.717, 1.165) is 12.0 Å². The Balaban J connectivity index is 2.33. The molecule has 0 aliphatic carbocycles. The van der Waals surface area contributed by atoms with Crippen molar-refractivity contribution in [1.29, 1.82) is 0 Å². The summed E-state index contributed by atoms with van der Waals surface area (Å²) in [6.07, 6.45) is 0.952. The Hall–Kier alpha value is -1.87. The molecule has 2 aromatic rings. The second-order valence-corrected chi connectivity index (χ2v) is 5.35. The van der Waals surface area contributed by atoms with Crippen LogP contribution in [0.25, 0.3) is 0 Å². The molecule has 0 saturated heterocycles. The molecule has 2 aromatic carbocycles. The first kappa shape index (κ1) is 15.5. The van der Waals surface area contributed by atoms with Crippen molar-refractivity contribution >= 4 is 23.2 Å². The van der Waals surface area contributed by atoms with Gasteiger partial charge in [0.2, 0.25) is 0 Å². The molecule has 0 aliphatic rings. The number of para-hydroxylation sites is 1. The van der Waals surface area contributed by atoms with E-state index in [1.807, 2.05) is 24.3 Å². The first-order chi connectivity index (χ1) is 10.0. The van der Waals surface area contributed by atoms with Crippen molar-refractivity contribution in [3.8, 4) is 0 Å². The zero-order valence-corrected chi connectivity index (χ0v) is 12.7. The molecule has 0 fully saturated rings. The van der Waals surface area contributed by atoms with Crippen LogP contribution >= 0.6 is 11.6 Å². The minimum Gasteiger partial charge on any atom is -0.322 e. The van der Waals surface area contributed by atoms with E-state index in [1.54, 1.807) is 0 Å². The normalized spacial score (nSPS) is 12.0. The number of anilines is 1. The zero-order valence-electron chi connectivity index (χ0n) is 12.0. The second kappa shape index (κ2) is 6.72. The predicted octanol–water partition coefficient (Wildman–Crippen LogP) is 5.24. The lowest BCUT2D eigenvalue weighted by Crippen LogP contribution is -2.16. The smallest absolute Gasteiger partial charge is 0.260 e. The molecule has 1 atom stereocenters.